The van der Waals surface area contributed by atoms with Gasteiger partial charge in [-0.05, 0) is 38.1 Å². The molecule has 0 aromatic rings. The van der Waals surface area contributed by atoms with Crippen LogP contribution in [0.2, 0.25) is 0 Å². The first-order valence-corrected chi connectivity index (χ1v) is 10.0. The molecule has 2 heterocycles. The SMILES string of the molecule is CC(C)CN1CCC[C@@H]1CNC(=NCC(=O)N(C)C)NCC1CCCO1.I. The van der Waals surface area contributed by atoms with Crippen molar-refractivity contribution in [3.05, 3.63) is 0 Å². The number of halogens is 1. The van der Waals surface area contributed by atoms with E-state index < -0.39 is 0 Å². The van der Waals surface area contributed by atoms with E-state index in [-0.39, 0.29) is 42.5 Å². The maximum Gasteiger partial charge on any atom is 0.243 e. The average molecular weight is 495 g/mol. The van der Waals surface area contributed by atoms with Crippen molar-refractivity contribution in [1.29, 1.82) is 0 Å². The van der Waals surface area contributed by atoms with Crippen LogP contribution in [0.3, 0.4) is 0 Å². The largest absolute Gasteiger partial charge is 0.376 e. The van der Waals surface area contributed by atoms with Crippen molar-refractivity contribution in [3.8, 4) is 0 Å². The van der Waals surface area contributed by atoms with Crippen LogP contribution >= 0.6 is 24.0 Å². The summed E-state index contributed by atoms with van der Waals surface area (Å²) in [6, 6.07) is 0.539. The summed E-state index contributed by atoms with van der Waals surface area (Å²) < 4.78 is 5.68. The highest BCUT2D eigenvalue weighted by atomic mass is 127. The average Bonchev–Trinajstić information content (AvgIpc) is 3.25. The van der Waals surface area contributed by atoms with Crippen LogP contribution in [0.5, 0.6) is 0 Å². The van der Waals surface area contributed by atoms with Crippen LogP contribution in [-0.4, -0.2) is 87.2 Å². The molecule has 0 bridgehead atoms. The van der Waals surface area contributed by atoms with E-state index in [9.17, 15) is 4.79 Å². The van der Waals surface area contributed by atoms with Crippen molar-refractivity contribution in [2.75, 3.05) is 53.4 Å². The molecule has 0 aromatic carbocycles. The van der Waals surface area contributed by atoms with E-state index in [4.69, 9.17) is 4.74 Å². The lowest BCUT2D eigenvalue weighted by Gasteiger charge is -2.27. The Kier molecular flexibility index (Phi) is 11.6. The first-order valence-electron chi connectivity index (χ1n) is 10.0. The van der Waals surface area contributed by atoms with Crippen LogP contribution in [0.25, 0.3) is 0 Å². The third-order valence-electron chi connectivity index (χ3n) is 5.00. The second-order valence-electron chi connectivity index (χ2n) is 8.03. The van der Waals surface area contributed by atoms with Gasteiger partial charge in [0.2, 0.25) is 5.91 Å². The van der Waals surface area contributed by atoms with Gasteiger partial charge in [0.25, 0.3) is 0 Å². The molecule has 158 valence electrons. The Morgan fingerprint density at radius 3 is 2.59 bits per heavy atom. The van der Waals surface area contributed by atoms with Gasteiger partial charge in [0.15, 0.2) is 5.96 Å². The molecule has 0 aliphatic carbocycles. The first kappa shape index (κ1) is 24.4. The van der Waals surface area contributed by atoms with Gasteiger partial charge in [0, 0.05) is 46.4 Å². The predicted octanol–water partition coefficient (Wildman–Crippen LogP) is 1.53. The van der Waals surface area contributed by atoms with Crippen molar-refractivity contribution in [2.24, 2.45) is 10.9 Å². The number of nitrogens with zero attached hydrogens (tertiary/aromatic N) is 3. The summed E-state index contributed by atoms with van der Waals surface area (Å²) >= 11 is 0. The lowest BCUT2D eigenvalue weighted by molar-refractivity contribution is -0.127. The molecule has 0 spiro atoms. The second kappa shape index (κ2) is 12.8. The maximum absolute atomic E-state index is 11.9. The molecule has 0 radical (unpaired) electrons. The molecule has 2 saturated heterocycles. The first-order chi connectivity index (χ1) is 12.5. The summed E-state index contributed by atoms with van der Waals surface area (Å²) in [4.78, 5) is 20.5. The molecule has 0 saturated carbocycles. The minimum atomic E-state index is 0. The number of rotatable bonds is 8. The fourth-order valence-corrected chi connectivity index (χ4v) is 3.53. The Morgan fingerprint density at radius 1 is 1.22 bits per heavy atom. The van der Waals surface area contributed by atoms with Crippen molar-refractivity contribution in [1.82, 2.24) is 20.4 Å². The van der Waals surface area contributed by atoms with Gasteiger partial charge in [-0.15, -0.1) is 24.0 Å². The van der Waals surface area contributed by atoms with E-state index in [1.54, 1.807) is 19.0 Å². The van der Waals surface area contributed by atoms with Gasteiger partial charge in [0.05, 0.1) is 6.10 Å². The van der Waals surface area contributed by atoms with Crippen molar-refractivity contribution in [2.45, 2.75) is 51.7 Å². The number of carbonyl (C=O) groups excluding carboxylic acids is 1. The van der Waals surface area contributed by atoms with Crippen molar-refractivity contribution < 1.29 is 9.53 Å². The molecule has 2 aliphatic heterocycles. The maximum atomic E-state index is 11.9. The van der Waals surface area contributed by atoms with Gasteiger partial charge in [-0.3, -0.25) is 9.69 Å². The number of hydrogen-bond acceptors (Lipinski definition) is 4. The fraction of sp³-hybridized carbons (Fsp3) is 0.895. The molecular formula is C19H38IN5O2. The van der Waals surface area contributed by atoms with Crippen LogP contribution in [0.15, 0.2) is 4.99 Å². The van der Waals surface area contributed by atoms with Crippen LogP contribution in [0, 0.1) is 5.92 Å². The second-order valence-corrected chi connectivity index (χ2v) is 8.03. The van der Waals surface area contributed by atoms with Crippen LogP contribution in [-0.2, 0) is 9.53 Å². The number of hydrogen-bond donors (Lipinski definition) is 2. The zero-order valence-electron chi connectivity index (χ0n) is 17.4. The molecule has 1 unspecified atom stereocenters. The number of likely N-dealkylation sites (N-methyl/N-ethyl adjacent to an activating group) is 1. The third-order valence-corrected chi connectivity index (χ3v) is 5.00. The van der Waals surface area contributed by atoms with Gasteiger partial charge in [-0.2, -0.15) is 0 Å². The summed E-state index contributed by atoms with van der Waals surface area (Å²) in [5.74, 6) is 1.40. The van der Waals surface area contributed by atoms with E-state index in [0.717, 1.165) is 39.1 Å². The summed E-state index contributed by atoms with van der Waals surface area (Å²) in [5.41, 5.74) is 0. The monoisotopic (exact) mass is 495 g/mol. The number of ether oxygens (including phenoxy) is 1. The molecule has 27 heavy (non-hydrogen) atoms. The highest BCUT2D eigenvalue weighted by Gasteiger charge is 2.25. The molecule has 2 atom stereocenters. The smallest absolute Gasteiger partial charge is 0.243 e. The minimum absolute atomic E-state index is 0. The Balaban J connectivity index is 0.00000364. The summed E-state index contributed by atoms with van der Waals surface area (Å²) in [6.07, 6.45) is 4.93. The molecule has 1 amide bonds. The van der Waals surface area contributed by atoms with E-state index in [1.807, 2.05) is 0 Å². The standard InChI is InChI=1S/C19H37N5O2.HI/c1-15(2)14-24-9-5-7-16(24)11-20-19(22-13-18(25)23(3)4)21-12-17-8-6-10-26-17;/h15-17H,5-14H2,1-4H3,(H2,20,21,22);1H/t16-,17?;/m1./s1. The van der Waals surface area contributed by atoms with Crippen LogP contribution in [0.1, 0.15) is 39.5 Å². The number of carbonyl (C=O) groups is 1. The Bertz CT molecular complexity index is 467. The molecule has 2 N–H and O–H groups in total. The van der Waals surface area contributed by atoms with Crippen LogP contribution < -0.4 is 10.6 Å². The number of guanidine groups is 1. The molecule has 8 heteroatoms. The normalized spacial score (nSPS) is 23.4. The van der Waals surface area contributed by atoms with E-state index in [0.29, 0.717) is 17.9 Å². The van der Waals surface area contributed by atoms with Gasteiger partial charge in [0.1, 0.15) is 6.54 Å². The highest BCUT2D eigenvalue weighted by molar-refractivity contribution is 14.0. The van der Waals surface area contributed by atoms with Crippen LogP contribution in [0.4, 0.5) is 0 Å². The lowest BCUT2D eigenvalue weighted by atomic mass is 10.1. The topological polar surface area (TPSA) is 69.2 Å². The third kappa shape index (κ3) is 8.95. The number of likely N-dealkylation sites (tertiary alicyclic amines) is 1. The quantitative estimate of drug-likeness (QED) is 0.304. The fourth-order valence-electron chi connectivity index (χ4n) is 3.53. The van der Waals surface area contributed by atoms with Crippen molar-refractivity contribution in [3.63, 3.8) is 0 Å². The van der Waals surface area contributed by atoms with E-state index in [2.05, 4.69) is 34.4 Å². The Hall–Kier alpha value is -0.610. The van der Waals surface area contributed by atoms with Gasteiger partial charge in [-0.1, -0.05) is 13.8 Å². The minimum Gasteiger partial charge on any atom is -0.376 e. The van der Waals surface area contributed by atoms with Gasteiger partial charge in [-0.25, -0.2) is 4.99 Å². The predicted molar refractivity (Wildman–Crippen MR) is 121 cm³/mol. The molecule has 0 aromatic heterocycles. The van der Waals surface area contributed by atoms with Gasteiger partial charge >= 0.3 is 0 Å². The zero-order chi connectivity index (χ0) is 18.9. The summed E-state index contributed by atoms with van der Waals surface area (Å²) in [7, 11) is 3.51. The van der Waals surface area contributed by atoms with E-state index in [1.165, 1.54) is 19.4 Å². The van der Waals surface area contributed by atoms with Gasteiger partial charge < -0.3 is 20.3 Å². The molecule has 2 fully saturated rings. The molecule has 2 rings (SSSR count). The molecule has 7 nitrogen and oxygen atoms in total. The Morgan fingerprint density at radius 2 is 1.96 bits per heavy atom. The van der Waals surface area contributed by atoms with E-state index >= 15 is 0 Å². The number of aliphatic imine (C=N–C) groups is 1. The number of nitrogens with one attached hydrogen (secondary N) is 2. The summed E-state index contributed by atoms with van der Waals surface area (Å²) in [6.45, 7) is 9.46. The highest BCUT2D eigenvalue weighted by Crippen LogP contribution is 2.18. The summed E-state index contributed by atoms with van der Waals surface area (Å²) in [5, 5.41) is 6.81. The lowest BCUT2D eigenvalue weighted by Crippen LogP contribution is -2.47. The molecule has 2 aliphatic rings. The Labute approximate surface area is 181 Å². The number of amides is 1. The zero-order valence-corrected chi connectivity index (χ0v) is 19.7. The molecular weight excluding hydrogens is 457 g/mol. The van der Waals surface area contributed by atoms with Crippen molar-refractivity contribution >= 4 is 35.8 Å².